The summed E-state index contributed by atoms with van der Waals surface area (Å²) in [4.78, 5) is 7.46. The second-order valence-corrected chi connectivity index (χ2v) is 14.6. The number of nitrogens with zero attached hydrogens (tertiary/aromatic N) is 3. The first-order chi connectivity index (χ1) is 27.6. The van der Waals surface area contributed by atoms with Gasteiger partial charge in [0.25, 0.3) is 0 Å². The Morgan fingerprint density at radius 2 is 1.48 bits per heavy atom. The summed E-state index contributed by atoms with van der Waals surface area (Å²) >= 11 is 1.79. The van der Waals surface area contributed by atoms with E-state index in [9.17, 15) is 0 Å². The molecule has 1 aliphatic rings. The van der Waals surface area contributed by atoms with E-state index in [1.807, 2.05) is 31.2 Å². The number of benzene rings is 5. The molecule has 0 radical (unpaired) electrons. The Labute approximate surface area is 333 Å². The monoisotopic (exact) mass is 741 g/mol. The van der Waals surface area contributed by atoms with Crippen molar-refractivity contribution in [1.82, 2.24) is 9.55 Å². The summed E-state index contributed by atoms with van der Waals surface area (Å²) < 4.78 is 3.62. The Bertz CT molecular complexity index is 2730. The summed E-state index contributed by atoms with van der Waals surface area (Å²) in [6, 6.07) is 43.4. The van der Waals surface area contributed by atoms with E-state index in [0.717, 1.165) is 74.6 Å². The third kappa shape index (κ3) is 7.23. The molecule has 0 aliphatic heterocycles. The van der Waals surface area contributed by atoms with E-state index in [4.69, 9.17) is 4.98 Å². The molecule has 0 fully saturated rings. The number of imidazole rings is 1. The zero-order valence-electron chi connectivity index (χ0n) is 31.6. The van der Waals surface area contributed by atoms with Crippen molar-refractivity contribution >= 4 is 60.8 Å². The smallest absolute Gasteiger partial charge is 0.145 e. The van der Waals surface area contributed by atoms with E-state index in [1.165, 1.54) is 26.9 Å². The van der Waals surface area contributed by atoms with Crippen LogP contribution in [0.4, 0.5) is 17.1 Å². The summed E-state index contributed by atoms with van der Waals surface area (Å²) in [6.45, 7) is 14.3. The molecule has 5 aromatic carbocycles. The lowest BCUT2D eigenvalue weighted by Gasteiger charge is -2.26. The van der Waals surface area contributed by atoms with Gasteiger partial charge in [-0.1, -0.05) is 117 Å². The fourth-order valence-electron chi connectivity index (χ4n) is 7.40. The molecule has 0 saturated carbocycles. The fraction of sp³-hybridized carbons (Fsp3) is 0.0577. The molecule has 56 heavy (non-hydrogen) atoms. The molecule has 0 atom stereocenters. The van der Waals surface area contributed by atoms with E-state index in [-0.39, 0.29) is 0 Å². The molecule has 4 heteroatoms. The average molecular weight is 742 g/mol. The first kappa shape index (κ1) is 36.2. The van der Waals surface area contributed by atoms with Crippen molar-refractivity contribution in [3.05, 3.63) is 218 Å². The van der Waals surface area contributed by atoms with Crippen molar-refractivity contribution in [2.45, 2.75) is 19.8 Å². The summed E-state index contributed by atoms with van der Waals surface area (Å²) in [5.41, 5.74) is 14.0. The van der Waals surface area contributed by atoms with Crippen molar-refractivity contribution in [2.24, 2.45) is 0 Å². The molecule has 1 aliphatic carbocycles. The van der Waals surface area contributed by atoms with Gasteiger partial charge in [0.05, 0.1) is 11.0 Å². The maximum absolute atomic E-state index is 5.14. The summed E-state index contributed by atoms with van der Waals surface area (Å²) in [5, 5.41) is 3.54. The van der Waals surface area contributed by atoms with Crippen LogP contribution >= 0.6 is 11.3 Å². The highest BCUT2D eigenvalue weighted by molar-refractivity contribution is 7.17. The average Bonchev–Trinajstić information content (AvgIpc) is 3.86. The Hall–Kier alpha value is -6.75. The molecule has 0 spiro atoms. The van der Waals surface area contributed by atoms with Gasteiger partial charge < -0.3 is 4.90 Å². The van der Waals surface area contributed by atoms with E-state index in [2.05, 4.69) is 180 Å². The van der Waals surface area contributed by atoms with Gasteiger partial charge in [-0.15, -0.1) is 11.3 Å². The van der Waals surface area contributed by atoms with Crippen molar-refractivity contribution in [3.8, 4) is 22.5 Å². The minimum Gasteiger partial charge on any atom is -0.311 e. The molecule has 8 rings (SSSR count). The van der Waals surface area contributed by atoms with Crippen LogP contribution in [0.3, 0.4) is 0 Å². The zero-order chi connectivity index (χ0) is 38.4. The standard InChI is InChI=1S/C52H43N3S/c1-5-15-39(16-6-2)37(4)35-38(7-3)40-23-29-44(30-24-40)54(45-31-25-41(26-32-45)48-36-56-51-22-14-11-19-47(48)51)46-33-27-42(28-34-46)52-53-49-20-12-13-21-50(49)55(52)43-17-9-8-10-18-43/h5-9,11-17,19-36H,1,3-4,10,18H2,2H3/b16-6-,38-35+,39-15+. The molecule has 272 valence electrons. The van der Waals surface area contributed by atoms with E-state index in [0.29, 0.717) is 0 Å². The highest BCUT2D eigenvalue weighted by atomic mass is 32.1. The maximum atomic E-state index is 5.14. The molecule has 0 N–H and O–H groups in total. The second kappa shape index (κ2) is 16.3. The lowest BCUT2D eigenvalue weighted by Crippen LogP contribution is -2.10. The van der Waals surface area contributed by atoms with Crippen molar-refractivity contribution in [1.29, 1.82) is 0 Å². The molecule has 2 aromatic heterocycles. The predicted molar refractivity (Wildman–Crippen MR) is 244 cm³/mol. The van der Waals surface area contributed by atoms with Crippen molar-refractivity contribution in [3.63, 3.8) is 0 Å². The predicted octanol–water partition coefficient (Wildman–Crippen LogP) is 15.1. The van der Waals surface area contributed by atoms with Crippen LogP contribution in [0.5, 0.6) is 0 Å². The maximum Gasteiger partial charge on any atom is 0.145 e. The highest BCUT2D eigenvalue weighted by Crippen LogP contribution is 2.40. The lowest BCUT2D eigenvalue weighted by atomic mass is 9.98. The van der Waals surface area contributed by atoms with Gasteiger partial charge in [0, 0.05) is 44.0 Å². The fourth-order valence-corrected chi connectivity index (χ4v) is 8.37. The van der Waals surface area contributed by atoms with Crippen LogP contribution in [0, 0.1) is 0 Å². The topological polar surface area (TPSA) is 21.1 Å². The first-order valence-electron chi connectivity index (χ1n) is 19.0. The van der Waals surface area contributed by atoms with Crippen LogP contribution in [-0.2, 0) is 0 Å². The van der Waals surface area contributed by atoms with Gasteiger partial charge in [-0.05, 0) is 132 Å². The normalized spacial score (nSPS) is 13.3. The Balaban J connectivity index is 1.18. The van der Waals surface area contributed by atoms with E-state index in [1.54, 1.807) is 17.4 Å². The second-order valence-electron chi connectivity index (χ2n) is 13.7. The van der Waals surface area contributed by atoms with Crippen molar-refractivity contribution < 1.29 is 0 Å². The van der Waals surface area contributed by atoms with Crippen LogP contribution in [0.1, 0.15) is 25.3 Å². The number of fused-ring (bicyclic) bond motifs is 2. The molecule has 0 amide bonds. The minimum absolute atomic E-state index is 0.895. The third-order valence-electron chi connectivity index (χ3n) is 10.2. The van der Waals surface area contributed by atoms with Gasteiger partial charge >= 0.3 is 0 Å². The Morgan fingerprint density at radius 3 is 2.16 bits per heavy atom. The summed E-state index contributed by atoms with van der Waals surface area (Å²) in [7, 11) is 0. The largest absolute Gasteiger partial charge is 0.311 e. The molecule has 0 bridgehead atoms. The van der Waals surface area contributed by atoms with Gasteiger partial charge in [0.15, 0.2) is 0 Å². The van der Waals surface area contributed by atoms with Crippen molar-refractivity contribution in [2.75, 3.05) is 4.90 Å². The molecule has 3 nitrogen and oxygen atoms in total. The number of hydrogen-bond donors (Lipinski definition) is 0. The molecule has 0 unspecified atom stereocenters. The number of para-hydroxylation sites is 2. The quantitative estimate of drug-likeness (QED) is 0.116. The number of rotatable bonds is 12. The zero-order valence-corrected chi connectivity index (χ0v) is 32.4. The Kier molecular flexibility index (Phi) is 10.6. The molecular formula is C52H43N3S. The highest BCUT2D eigenvalue weighted by Gasteiger charge is 2.19. The van der Waals surface area contributed by atoms with Crippen LogP contribution in [-0.4, -0.2) is 9.55 Å². The number of anilines is 3. The van der Waals surface area contributed by atoms with Gasteiger partial charge in [-0.25, -0.2) is 4.98 Å². The van der Waals surface area contributed by atoms with Crippen LogP contribution in [0.2, 0.25) is 0 Å². The summed E-state index contributed by atoms with van der Waals surface area (Å²) in [5.74, 6) is 0.952. The molecular weight excluding hydrogens is 699 g/mol. The van der Waals surface area contributed by atoms with E-state index < -0.39 is 0 Å². The first-order valence-corrected chi connectivity index (χ1v) is 19.8. The molecule has 7 aromatic rings. The van der Waals surface area contributed by atoms with Gasteiger partial charge in [0.1, 0.15) is 5.82 Å². The third-order valence-corrected chi connectivity index (χ3v) is 11.1. The number of aromatic nitrogens is 2. The Morgan fingerprint density at radius 1 is 0.804 bits per heavy atom. The molecule has 2 heterocycles. The minimum atomic E-state index is 0.895. The van der Waals surface area contributed by atoms with Crippen LogP contribution < -0.4 is 4.90 Å². The number of hydrogen-bond acceptors (Lipinski definition) is 3. The van der Waals surface area contributed by atoms with Gasteiger partial charge in [0.2, 0.25) is 0 Å². The summed E-state index contributed by atoms with van der Waals surface area (Å²) in [6.07, 6.45) is 20.4. The SMILES string of the molecule is C=C/C=C(\C=C/C)C(=C)/C=C(\C=C)c1ccc(N(c2ccc(-c3csc4ccccc34)cc2)c2ccc(-c3nc4ccccc4n3C3=CC=CCC3)cc2)cc1. The van der Waals surface area contributed by atoms with Gasteiger partial charge in [-0.2, -0.15) is 0 Å². The van der Waals surface area contributed by atoms with Gasteiger partial charge in [-0.3, -0.25) is 4.57 Å². The van der Waals surface area contributed by atoms with E-state index >= 15 is 0 Å². The molecule has 0 saturated heterocycles. The lowest BCUT2D eigenvalue weighted by molar-refractivity contribution is 0.960. The van der Waals surface area contributed by atoms with Crippen LogP contribution in [0.15, 0.2) is 212 Å². The number of allylic oxidation sites excluding steroid dienone is 13. The van der Waals surface area contributed by atoms with Crippen LogP contribution in [0.25, 0.3) is 54.9 Å². The number of thiophene rings is 1.